The second-order valence-electron chi connectivity index (χ2n) is 5.08. The van der Waals surface area contributed by atoms with Crippen molar-refractivity contribution in [1.29, 1.82) is 0 Å². The first-order valence-corrected chi connectivity index (χ1v) is 8.98. The fourth-order valence-electron chi connectivity index (χ4n) is 2.22. The molecule has 1 aliphatic heterocycles. The third kappa shape index (κ3) is 4.07. The van der Waals surface area contributed by atoms with Gasteiger partial charge in [0.25, 0.3) is 10.0 Å². The topological polar surface area (TPSA) is 73.9 Å². The Morgan fingerprint density at radius 2 is 1.69 bits per heavy atom. The Labute approximate surface area is 151 Å². The average molecular weight is 410 g/mol. The number of hydrogen-bond donors (Lipinski definition) is 1. The van der Waals surface area contributed by atoms with E-state index in [9.17, 15) is 21.6 Å². The number of fused-ring (bicyclic) bond motifs is 1. The van der Waals surface area contributed by atoms with Crippen LogP contribution in [0.25, 0.3) is 0 Å². The van der Waals surface area contributed by atoms with Crippen molar-refractivity contribution in [2.45, 2.75) is 11.3 Å². The lowest BCUT2D eigenvalue weighted by Gasteiger charge is -2.20. The second-order valence-corrected chi connectivity index (χ2v) is 7.13. The van der Waals surface area contributed by atoms with Crippen LogP contribution in [-0.2, 0) is 10.0 Å². The van der Waals surface area contributed by atoms with Gasteiger partial charge in [-0.25, -0.2) is 8.42 Å². The highest BCUT2D eigenvalue weighted by atomic mass is 35.5. The fraction of sp³-hybridized carbons (Fsp3) is 0.200. The largest absolute Gasteiger partial charge is 0.573 e. The summed E-state index contributed by atoms with van der Waals surface area (Å²) in [4.78, 5) is -0.691. The molecule has 0 bridgehead atoms. The molecule has 0 spiro atoms. The molecule has 11 heteroatoms. The average Bonchev–Trinajstić information content (AvgIpc) is 2.54. The van der Waals surface area contributed by atoms with E-state index in [1.54, 1.807) is 0 Å². The van der Waals surface area contributed by atoms with Crippen LogP contribution in [0.4, 0.5) is 18.9 Å². The van der Waals surface area contributed by atoms with E-state index in [1.165, 1.54) is 24.3 Å². The van der Waals surface area contributed by atoms with Gasteiger partial charge in [0.15, 0.2) is 11.5 Å². The molecule has 2 aromatic rings. The summed E-state index contributed by atoms with van der Waals surface area (Å²) in [5.74, 6) is -0.260. The maximum Gasteiger partial charge on any atom is 0.573 e. The number of para-hydroxylation sites is 1. The van der Waals surface area contributed by atoms with E-state index in [-0.39, 0.29) is 23.1 Å². The molecule has 26 heavy (non-hydrogen) atoms. The molecule has 0 fully saturated rings. The quantitative estimate of drug-likeness (QED) is 0.831. The summed E-state index contributed by atoms with van der Waals surface area (Å²) >= 11 is 6.03. The van der Waals surface area contributed by atoms with Gasteiger partial charge in [-0.05, 0) is 12.1 Å². The van der Waals surface area contributed by atoms with Crippen LogP contribution in [0, 0.1) is 0 Å². The molecule has 1 N–H and O–H groups in total. The molecule has 0 aliphatic carbocycles. The first-order valence-electron chi connectivity index (χ1n) is 7.12. The maximum absolute atomic E-state index is 12.5. The normalized spacial score (nSPS) is 14.0. The van der Waals surface area contributed by atoms with Crippen molar-refractivity contribution in [3.05, 3.63) is 41.4 Å². The van der Waals surface area contributed by atoms with E-state index in [2.05, 4.69) is 9.46 Å². The predicted molar refractivity (Wildman–Crippen MR) is 86.4 cm³/mol. The maximum atomic E-state index is 12.5. The molecule has 0 saturated carbocycles. The first-order chi connectivity index (χ1) is 12.2. The Morgan fingerprint density at radius 3 is 2.35 bits per heavy atom. The van der Waals surface area contributed by atoms with Crippen LogP contribution in [-0.4, -0.2) is 28.0 Å². The molecule has 0 unspecified atom stereocenters. The summed E-state index contributed by atoms with van der Waals surface area (Å²) in [6.07, 6.45) is -5.04. The third-order valence-electron chi connectivity index (χ3n) is 3.24. The zero-order valence-corrected chi connectivity index (χ0v) is 14.4. The van der Waals surface area contributed by atoms with Gasteiger partial charge in [0.05, 0.1) is 10.7 Å². The van der Waals surface area contributed by atoms with Crippen LogP contribution in [0.1, 0.15) is 0 Å². The third-order valence-corrected chi connectivity index (χ3v) is 4.96. The van der Waals surface area contributed by atoms with E-state index < -0.39 is 27.0 Å². The molecule has 3 rings (SSSR count). The van der Waals surface area contributed by atoms with Gasteiger partial charge in [-0.1, -0.05) is 23.7 Å². The molecule has 1 heterocycles. The molecule has 0 saturated heterocycles. The number of halogens is 4. The Kier molecular flexibility index (Phi) is 4.80. The summed E-state index contributed by atoms with van der Waals surface area (Å²) in [6.45, 7) is 0.583. The molecule has 2 aromatic carbocycles. The van der Waals surface area contributed by atoms with Gasteiger partial charge in [-0.2, -0.15) is 0 Å². The van der Waals surface area contributed by atoms with E-state index in [1.807, 2.05) is 0 Å². The smallest absolute Gasteiger partial charge is 0.486 e. The first kappa shape index (κ1) is 18.5. The number of alkyl halides is 3. The van der Waals surface area contributed by atoms with E-state index in [4.69, 9.17) is 21.1 Å². The van der Waals surface area contributed by atoms with Crippen LogP contribution in [0.2, 0.25) is 5.02 Å². The molecule has 1 aliphatic rings. The summed E-state index contributed by atoms with van der Waals surface area (Å²) in [6, 6.07) is 7.01. The van der Waals surface area contributed by atoms with Crippen LogP contribution in [0.15, 0.2) is 41.3 Å². The molecular formula is C15H11ClF3NO5S. The Hall–Kier alpha value is -2.33. The highest BCUT2D eigenvalue weighted by Crippen LogP contribution is 2.39. The van der Waals surface area contributed by atoms with Crippen molar-refractivity contribution >= 4 is 27.3 Å². The lowest BCUT2D eigenvalue weighted by atomic mass is 10.2. The minimum atomic E-state index is -5.04. The molecular weight excluding hydrogens is 399 g/mol. The summed E-state index contributed by atoms with van der Waals surface area (Å²) < 4.78 is 79.1. The minimum absolute atomic E-state index is 0.00736. The molecule has 0 amide bonds. The zero-order valence-electron chi connectivity index (χ0n) is 12.8. The van der Waals surface area contributed by atoms with Crippen molar-refractivity contribution in [2.75, 3.05) is 17.9 Å². The van der Waals surface area contributed by atoms with Crippen LogP contribution < -0.4 is 18.9 Å². The van der Waals surface area contributed by atoms with Crippen LogP contribution >= 0.6 is 11.6 Å². The summed E-state index contributed by atoms with van der Waals surface area (Å²) in [7, 11) is -4.42. The minimum Gasteiger partial charge on any atom is -0.486 e. The van der Waals surface area contributed by atoms with Gasteiger partial charge in [-0.15, -0.1) is 13.2 Å². The number of sulfonamides is 1. The molecule has 0 radical (unpaired) electrons. The second kappa shape index (κ2) is 6.76. The van der Waals surface area contributed by atoms with Crippen molar-refractivity contribution in [3.8, 4) is 17.2 Å². The summed E-state index contributed by atoms with van der Waals surface area (Å²) in [5, 5.41) is -0.00736. The fourth-order valence-corrected chi connectivity index (χ4v) is 3.68. The highest BCUT2D eigenvalue weighted by molar-refractivity contribution is 7.92. The van der Waals surface area contributed by atoms with Gasteiger partial charge in [0, 0.05) is 12.1 Å². The van der Waals surface area contributed by atoms with Crippen LogP contribution in [0.3, 0.4) is 0 Å². The molecule has 0 aromatic heterocycles. The van der Waals surface area contributed by atoms with Crippen molar-refractivity contribution in [2.24, 2.45) is 0 Å². The van der Waals surface area contributed by atoms with Gasteiger partial charge in [0.1, 0.15) is 23.9 Å². The van der Waals surface area contributed by atoms with Gasteiger partial charge >= 0.3 is 6.36 Å². The zero-order chi connectivity index (χ0) is 18.9. The van der Waals surface area contributed by atoms with Crippen LogP contribution in [0.5, 0.6) is 17.2 Å². The molecule has 6 nitrogen and oxygen atoms in total. The molecule has 0 atom stereocenters. The number of benzene rings is 2. The lowest BCUT2D eigenvalue weighted by Crippen LogP contribution is -2.21. The Bertz CT molecular complexity index is 933. The van der Waals surface area contributed by atoms with Crippen molar-refractivity contribution in [3.63, 3.8) is 0 Å². The molecule has 140 valence electrons. The van der Waals surface area contributed by atoms with E-state index >= 15 is 0 Å². The Balaban J connectivity index is 1.96. The van der Waals surface area contributed by atoms with Crippen molar-refractivity contribution < 1.29 is 35.8 Å². The van der Waals surface area contributed by atoms with E-state index in [0.717, 1.165) is 12.1 Å². The number of nitrogens with one attached hydrogen (secondary N) is 1. The lowest BCUT2D eigenvalue weighted by molar-refractivity contribution is -0.275. The highest BCUT2D eigenvalue weighted by Gasteiger charge is 2.34. The monoisotopic (exact) mass is 409 g/mol. The SMILES string of the molecule is O=S(=O)(Nc1cc2c(cc1Cl)OCCO2)c1ccccc1OC(F)(F)F. The standard InChI is InChI=1S/C15H11ClF3NO5S/c16-9-7-12-13(24-6-5-23-12)8-10(9)20-26(21,22)14-4-2-1-3-11(14)25-15(17,18)19/h1-4,7-8,20H,5-6H2. The number of hydrogen-bond acceptors (Lipinski definition) is 5. The summed E-state index contributed by atoms with van der Waals surface area (Å²) in [5.41, 5.74) is -0.0715. The Morgan fingerprint density at radius 1 is 1.08 bits per heavy atom. The number of rotatable bonds is 4. The van der Waals surface area contributed by atoms with Gasteiger partial charge < -0.3 is 14.2 Å². The predicted octanol–water partition coefficient (Wildman–Crippen LogP) is 3.81. The van der Waals surface area contributed by atoms with Crippen molar-refractivity contribution in [1.82, 2.24) is 0 Å². The van der Waals surface area contributed by atoms with E-state index in [0.29, 0.717) is 12.4 Å². The number of anilines is 1. The van der Waals surface area contributed by atoms with Gasteiger partial charge in [0.2, 0.25) is 0 Å². The number of ether oxygens (including phenoxy) is 3. The van der Waals surface area contributed by atoms with Gasteiger partial charge in [-0.3, -0.25) is 4.72 Å².